The molecular formula is C15H13BrClNOS. The Morgan fingerprint density at radius 2 is 2.00 bits per heavy atom. The Labute approximate surface area is 135 Å². The number of halogens is 2. The molecule has 1 aliphatic rings. The normalized spacial score (nSPS) is 15.8. The van der Waals surface area contributed by atoms with Crippen molar-refractivity contribution in [3.05, 3.63) is 38.6 Å². The van der Waals surface area contributed by atoms with Crippen molar-refractivity contribution in [1.29, 1.82) is 0 Å². The van der Waals surface area contributed by atoms with Gasteiger partial charge in [-0.15, -0.1) is 11.3 Å². The summed E-state index contributed by atoms with van der Waals surface area (Å²) in [4.78, 5) is 0. The molecule has 2 nitrogen and oxygen atoms in total. The lowest BCUT2D eigenvalue weighted by Gasteiger charge is -2.29. The summed E-state index contributed by atoms with van der Waals surface area (Å²) in [7, 11) is 0. The minimum atomic E-state index is -0.330. The highest BCUT2D eigenvalue weighted by molar-refractivity contribution is 9.11. The highest BCUT2D eigenvalue weighted by Crippen LogP contribution is 2.46. The smallest absolute Gasteiger partial charge is 0.135 e. The first-order valence-corrected chi connectivity index (χ1v) is 8.11. The highest BCUT2D eigenvalue weighted by atomic mass is 79.9. The quantitative estimate of drug-likeness (QED) is 0.709. The number of thiophene rings is 1. The van der Waals surface area contributed by atoms with Gasteiger partial charge in [0.15, 0.2) is 0 Å². The molecule has 0 spiro atoms. The van der Waals surface area contributed by atoms with Gasteiger partial charge in [0, 0.05) is 21.7 Å². The number of nitrogens with two attached hydrogens (primary N) is 1. The monoisotopic (exact) mass is 369 g/mol. The summed E-state index contributed by atoms with van der Waals surface area (Å²) in [5.74, 6) is 0.848. The van der Waals surface area contributed by atoms with Gasteiger partial charge >= 0.3 is 0 Å². The molecular weight excluding hydrogens is 358 g/mol. The van der Waals surface area contributed by atoms with Crippen molar-refractivity contribution < 1.29 is 4.74 Å². The molecule has 2 heterocycles. The average molecular weight is 371 g/mol. The van der Waals surface area contributed by atoms with Crippen LogP contribution in [0.5, 0.6) is 5.75 Å². The number of ether oxygens (including phenoxy) is 1. The third-order valence-electron chi connectivity index (χ3n) is 3.11. The Bertz CT molecular complexity index is 721. The number of benzene rings is 1. The molecule has 20 heavy (non-hydrogen) atoms. The van der Waals surface area contributed by atoms with E-state index in [-0.39, 0.29) is 5.60 Å². The Morgan fingerprint density at radius 1 is 1.25 bits per heavy atom. The van der Waals surface area contributed by atoms with E-state index in [1.807, 2.05) is 38.1 Å². The molecule has 3 rings (SSSR count). The second-order valence-electron chi connectivity index (χ2n) is 5.25. The fourth-order valence-electron chi connectivity index (χ4n) is 2.21. The SMILES string of the molecule is CC1(C)C=Cc2cc(Cl)cc(-c3cc(N)sc3Br)c2O1. The first kappa shape index (κ1) is 14.0. The second-order valence-corrected chi connectivity index (χ2v) is 8.08. The van der Waals surface area contributed by atoms with Crippen LogP contribution >= 0.6 is 38.9 Å². The molecule has 0 atom stereocenters. The van der Waals surface area contributed by atoms with Crippen LogP contribution < -0.4 is 10.5 Å². The van der Waals surface area contributed by atoms with Crippen LogP contribution in [0.4, 0.5) is 5.00 Å². The number of rotatable bonds is 1. The third kappa shape index (κ3) is 2.48. The molecule has 0 radical (unpaired) electrons. The lowest BCUT2D eigenvalue weighted by molar-refractivity contribution is 0.160. The zero-order chi connectivity index (χ0) is 14.5. The number of fused-ring (bicyclic) bond motifs is 1. The van der Waals surface area contributed by atoms with Crippen LogP contribution in [-0.4, -0.2) is 5.60 Å². The fraction of sp³-hybridized carbons (Fsp3) is 0.200. The van der Waals surface area contributed by atoms with E-state index in [1.54, 1.807) is 0 Å². The summed E-state index contributed by atoms with van der Waals surface area (Å²) >= 11 is 11.3. The second kappa shape index (κ2) is 4.79. The number of nitrogen functional groups attached to an aromatic ring is 1. The summed E-state index contributed by atoms with van der Waals surface area (Å²) in [5.41, 5.74) is 8.52. The van der Waals surface area contributed by atoms with Crippen LogP contribution in [0.25, 0.3) is 17.2 Å². The lowest BCUT2D eigenvalue weighted by atomic mass is 9.97. The van der Waals surface area contributed by atoms with Gasteiger partial charge in [-0.2, -0.15) is 0 Å². The number of anilines is 1. The minimum absolute atomic E-state index is 0.330. The van der Waals surface area contributed by atoms with E-state index in [4.69, 9.17) is 22.1 Å². The van der Waals surface area contributed by atoms with E-state index < -0.39 is 0 Å². The lowest BCUT2D eigenvalue weighted by Crippen LogP contribution is -2.27. The summed E-state index contributed by atoms with van der Waals surface area (Å²) in [6, 6.07) is 5.77. The van der Waals surface area contributed by atoms with E-state index in [2.05, 4.69) is 22.0 Å². The zero-order valence-corrected chi connectivity index (χ0v) is 14.2. The Balaban J connectivity index is 2.25. The van der Waals surface area contributed by atoms with Crippen molar-refractivity contribution >= 4 is 49.9 Å². The van der Waals surface area contributed by atoms with Crippen molar-refractivity contribution in [1.82, 2.24) is 0 Å². The van der Waals surface area contributed by atoms with E-state index >= 15 is 0 Å². The van der Waals surface area contributed by atoms with Gasteiger partial charge in [0.25, 0.3) is 0 Å². The van der Waals surface area contributed by atoms with E-state index in [0.717, 1.165) is 31.2 Å². The fourth-order valence-corrected chi connectivity index (χ4v) is 3.99. The topological polar surface area (TPSA) is 35.2 Å². The molecule has 0 aliphatic carbocycles. The van der Waals surface area contributed by atoms with Crippen molar-refractivity contribution in [2.24, 2.45) is 0 Å². The standard InChI is InChI=1S/C15H13BrClNOS/c1-15(2)4-3-8-5-9(17)6-10(13(8)19-15)11-7-12(18)20-14(11)16/h3-7H,18H2,1-2H3. The minimum Gasteiger partial charge on any atom is -0.483 e. The molecule has 5 heteroatoms. The largest absolute Gasteiger partial charge is 0.483 e. The van der Waals surface area contributed by atoms with Gasteiger partial charge < -0.3 is 10.5 Å². The maximum absolute atomic E-state index is 6.23. The van der Waals surface area contributed by atoms with Crippen molar-refractivity contribution in [3.63, 3.8) is 0 Å². The summed E-state index contributed by atoms with van der Waals surface area (Å²) in [6.45, 7) is 4.06. The molecule has 2 N–H and O–H groups in total. The van der Waals surface area contributed by atoms with Gasteiger partial charge in [0.1, 0.15) is 11.4 Å². The maximum Gasteiger partial charge on any atom is 0.135 e. The van der Waals surface area contributed by atoms with Gasteiger partial charge in [0.2, 0.25) is 0 Å². The highest BCUT2D eigenvalue weighted by Gasteiger charge is 2.26. The summed E-state index contributed by atoms with van der Waals surface area (Å²) in [5, 5.41) is 1.44. The van der Waals surface area contributed by atoms with Crippen LogP contribution in [0.3, 0.4) is 0 Å². The number of hydrogen-bond acceptors (Lipinski definition) is 3. The number of hydrogen-bond donors (Lipinski definition) is 1. The summed E-state index contributed by atoms with van der Waals surface area (Å²) in [6.07, 6.45) is 4.09. The summed E-state index contributed by atoms with van der Waals surface area (Å²) < 4.78 is 7.10. The molecule has 0 unspecified atom stereocenters. The van der Waals surface area contributed by atoms with E-state index in [0.29, 0.717) is 5.02 Å². The van der Waals surface area contributed by atoms with Gasteiger partial charge in [-0.3, -0.25) is 0 Å². The first-order valence-electron chi connectivity index (χ1n) is 6.13. The van der Waals surface area contributed by atoms with Crippen LogP contribution in [0, 0.1) is 0 Å². The molecule has 104 valence electrons. The van der Waals surface area contributed by atoms with Gasteiger partial charge in [0.05, 0.1) is 8.79 Å². The predicted molar refractivity (Wildman–Crippen MR) is 90.6 cm³/mol. The zero-order valence-electron chi connectivity index (χ0n) is 11.0. The molecule has 0 bridgehead atoms. The van der Waals surface area contributed by atoms with Crippen LogP contribution in [-0.2, 0) is 0 Å². The Morgan fingerprint density at radius 3 is 2.65 bits per heavy atom. The van der Waals surface area contributed by atoms with Crippen molar-refractivity contribution in [2.75, 3.05) is 5.73 Å². The third-order valence-corrected chi connectivity index (χ3v) is 4.99. The predicted octanol–water partition coefficient (Wildman–Crippen LogP) is 5.60. The van der Waals surface area contributed by atoms with Gasteiger partial charge in [-0.05, 0) is 54.1 Å². The van der Waals surface area contributed by atoms with E-state index in [9.17, 15) is 0 Å². The van der Waals surface area contributed by atoms with Gasteiger partial charge in [-0.25, -0.2) is 0 Å². The molecule has 1 aromatic heterocycles. The Kier molecular flexibility index (Phi) is 3.35. The van der Waals surface area contributed by atoms with Gasteiger partial charge in [-0.1, -0.05) is 17.7 Å². The van der Waals surface area contributed by atoms with Crippen LogP contribution in [0.2, 0.25) is 5.02 Å². The van der Waals surface area contributed by atoms with Crippen molar-refractivity contribution in [3.8, 4) is 16.9 Å². The van der Waals surface area contributed by atoms with Crippen LogP contribution in [0.1, 0.15) is 19.4 Å². The van der Waals surface area contributed by atoms with Crippen LogP contribution in [0.15, 0.2) is 28.1 Å². The van der Waals surface area contributed by atoms with Crippen molar-refractivity contribution in [2.45, 2.75) is 19.4 Å². The molecule has 2 aromatic rings. The molecule has 0 amide bonds. The Hall–Kier alpha value is -0.970. The van der Waals surface area contributed by atoms with E-state index in [1.165, 1.54) is 11.3 Å². The first-order chi connectivity index (χ1) is 9.35. The molecule has 0 saturated carbocycles. The molecule has 1 aliphatic heterocycles. The maximum atomic E-state index is 6.23. The molecule has 0 fully saturated rings. The molecule has 0 saturated heterocycles. The average Bonchev–Trinajstić information content (AvgIpc) is 2.67. The molecule has 1 aromatic carbocycles.